The average Bonchev–Trinajstić information content (AvgIpc) is 2.80. The molecular formula is C15H23ClN2O2. The molecule has 0 aromatic heterocycles. The van der Waals surface area contributed by atoms with Gasteiger partial charge in [-0.15, -0.1) is 12.4 Å². The molecule has 0 bridgehead atoms. The van der Waals surface area contributed by atoms with Crippen LogP contribution in [0.4, 0.5) is 0 Å². The number of hydrogen-bond acceptors (Lipinski definition) is 3. The number of carbonyl (C=O) groups is 1. The minimum absolute atomic E-state index is 0. The van der Waals surface area contributed by atoms with Gasteiger partial charge in [0.1, 0.15) is 5.75 Å². The van der Waals surface area contributed by atoms with Crippen LogP contribution in [0.15, 0.2) is 24.3 Å². The Morgan fingerprint density at radius 3 is 2.85 bits per heavy atom. The van der Waals surface area contributed by atoms with Crippen molar-refractivity contribution in [2.75, 3.05) is 19.7 Å². The van der Waals surface area contributed by atoms with Gasteiger partial charge in [0, 0.05) is 18.2 Å². The highest BCUT2D eigenvalue weighted by atomic mass is 35.5. The van der Waals surface area contributed by atoms with Gasteiger partial charge in [-0.25, -0.2) is 0 Å². The fraction of sp³-hybridized carbons (Fsp3) is 0.533. The molecule has 1 aliphatic rings. The van der Waals surface area contributed by atoms with Gasteiger partial charge < -0.3 is 15.4 Å². The lowest BCUT2D eigenvalue weighted by atomic mass is 10.1. The number of nitrogens with zero attached hydrogens (tertiary/aromatic N) is 1. The summed E-state index contributed by atoms with van der Waals surface area (Å²) in [6.45, 7) is 6.03. The molecule has 1 fully saturated rings. The lowest BCUT2D eigenvalue weighted by molar-refractivity contribution is 0.0743. The number of likely N-dealkylation sites (tertiary alicyclic amines) is 1. The zero-order valence-electron chi connectivity index (χ0n) is 12.0. The van der Waals surface area contributed by atoms with Crippen LogP contribution in [0, 0.1) is 5.92 Å². The fourth-order valence-electron chi connectivity index (χ4n) is 2.65. The fourth-order valence-corrected chi connectivity index (χ4v) is 2.65. The van der Waals surface area contributed by atoms with Gasteiger partial charge in [0.05, 0.1) is 6.61 Å². The monoisotopic (exact) mass is 298 g/mol. The quantitative estimate of drug-likeness (QED) is 0.928. The summed E-state index contributed by atoms with van der Waals surface area (Å²) in [5, 5.41) is 0. The zero-order valence-corrected chi connectivity index (χ0v) is 12.9. The molecule has 2 rings (SSSR count). The van der Waals surface area contributed by atoms with Gasteiger partial charge in [0.2, 0.25) is 0 Å². The van der Waals surface area contributed by atoms with E-state index in [0.29, 0.717) is 24.6 Å². The lowest BCUT2D eigenvalue weighted by Gasteiger charge is -2.21. The Balaban J connectivity index is 0.00000200. The van der Waals surface area contributed by atoms with Crippen molar-refractivity contribution in [3.8, 4) is 5.75 Å². The Labute approximate surface area is 126 Å². The van der Waals surface area contributed by atoms with Gasteiger partial charge in [-0.2, -0.15) is 0 Å². The number of halogens is 1. The van der Waals surface area contributed by atoms with Gasteiger partial charge in [-0.1, -0.05) is 6.07 Å². The van der Waals surface area contributed by atoms with Crippen molar-refractivity contribution in [3.05, 3.63) is 29.8 Å². The molecule has 1 heterocycles. The van der Waals surface area contributed by atoms with Gasteiger partial charge in [0.15, 0.2) is 0 Å². The second-order valence-electron chi connectivity index (χ2n) is 5.10. The third-order valence-electron chi connectivity index (χ3n) is 3.65. The Hall–Kier alpha value is -1.26. The van der Waals surface area contributed by atoms with E-state index < -0.39 is 0 Å². The van der Waals surface area contributed by atoms with Crippen LogP contribution in [0.2, 0.25) is 0 Å². The summed E-state index contributed by atoms with van der Waals surface area (Å²) < 4.78 is 5.44. The third kappa shape index (κ3) is 3.64. The van der Waals surface area contributed by atoms with Gasteiger partial charge >= 0.3 is 0 Å². The van der Waals surface area contributed by atoms with E-state index in [2.05, 4.69) is 6.92 Å². The van der Waals surface area contributed by atoms with Crippen molar-refractivity contribution in [1.82, 2.24) is 4.90 Å². The standard InChI is InChI=1S/C15H22N2O2.ClH/c1-3-19-14-6-4-5-13(8-14)15(18)17-10-12(9-16)7-11(17)2;/h4-6,8,11-12H,3,7,9-10,16H2,1-2H3;1H. The second-order valence-corrected chi connectivity index (χ2v) is 5.10. The van der Waals surface area contributed by atoms with E-state index in [-0.39, 0.29) is 24.4 Å². The zero-order chi connectivity index (χ0) is 13.8. The molecule has 1 aromatic carbocycles. The Morgan fingerprint density at radius 2 is 2.25 bits per heavy atom. The van der Waals surface area contributed by atoms with Crippen molar-refractivity contribution in [2.45, 2.75) is 26.3 Å². The number of ether oxygens (including phenoxy) is 1. The number of carbonyl (C=O) groups excluding carboxylic acids is 1. The van der Waals surface area contributed by atoms with Crippen LogP contribution in [0.3, 0.4) is 0 Å². The first-order valence-electron chi connectivity index (χ1n) is 6.89. The van der Waals surface area contributed by atoms with Gasteiger partial charge in [-0.05, 0) is 50.9 Å². The van der Waals surface area contributed by atoms with Crippen molar-refractivity contribution in [2.24, 2.45) is 11.7 Å². The van der Waals surface area contributed by atoms with Crippen molar-refractivity contribution < 1.29 is 9.53 Å². The number of benzene rings is 1. The molecule has 20 heavy (non-hydrogen) atoms. The number of nitrogens with two attached hydrogens (primary N) is 1. The maximum absolute atomic E-state index is 12.5. The van der Waals surface area contributed by atoms with E-state index in [4.69, 9.17) is 10.5 Å². The predicted molar refractivity (Wildman–Crippen MR) is 82.5 cm³/mol. The topological polar surface area (TPSA) is 55.6 Å². The molecule has 1 aliphatic heterocycles. The Kier molecular flexibility index (Phi) is 6.30. The first kappa shape index (κ1) is 16.8. The third-order valence-corrected chi connectivity index (χ3v) is 3.65. The number of rotatable bonds is 4. The van der Waals surface area contributed by atoms with E-state index in [9.17, 15) is 4.79 Å². The molecule has 2 atom stereocenters. The molecule has 0 aliphatic carbocycles. The van der Waals surface area contributed by atoms with Crippen LogP contribution in [0.1, 0.15) is 30.6 Å². The minimum Gasteiger partial charge on any atom is -0.494 e. The smallest absolute Gasteiger partial charge is 0.254 e. The molecule has 4 nitrogen and oxygen atoms in total. The SMILES string of the molecule is CCOc1cccc(C(=O)N2CC(CN)CC2C)c1.Cl. The molecule has 1 saturated heterocycles. The molecule has 112 valence electrons. The second kappa shape index (κ2) is 7.50. The average molecular weight is 299 g/mol. The van der Waals surface area contributed by atoms with E-state index in [1.165, 1.54) is 0 Å². The maximum Gasteiger partial charge on any atom is 0.254 e. The normalized spacial score (nSPS) is 21.4. The molecule has 2 N–H and O–H groups in total. The maximum atomic E-state index is 12.5. The van der Waals surface area contributed by atoms with Crippen LogP contribution in [0.5, 0.6) is 5.75 Å². The van der Waals surface area contributed by atoms with Gasteiger partial charge in [0.25, 0.3) is 5.91 Å². The molecule has 0 radical (unpaired) electrons. The van der Waals surface area contributed by atoms with E-state index in [1.807, 2.05) is 36.1 Å². The highest BCUT2D eigenvalue weighted by molar-refractivity contribution is 5.95. The van der Waals surface area contributed by atoms with E-state index in [0.717, 1.165) is 18.7 Å². The number of amides is 1. The Morgan fingerprint density at radius 1 is 1.50 bits per heavy atom. The van der Waals surface area contributed by atoms with Crippen LogP contribution >= 0.6 is 12.4 Å². The van der Waals surface area contributed by atoms with Crippen molar-refractivity contribution in [1.29, 1.82) is 0 Å². The summed E-state index contributed by atoms with van der Waals surface area (Å²) in [7, 11) is 0. The largest absolute Gasteiger partial charge is 0.494 e. The first-order valence-corrected chi connectivity index (χ1v) is 6.89. The Bertz CT molecular complexity index is 453. The minimum atomic E-state index is 0. The van der Waals surface area contributed by atoms with Crippen LogP contribution in [0.25, 0.3) is 0 Å². The molecule has 1 aromatic rings. The summed E-state index contributed by atoms with van der Waals surface area (Å²) in [5.41, 5.74) is 6.39. The van der Waals surface area contributed by atoms with Crippen molar-refractivity contribution in [3.63, 3.8) is 0 Å². The molecule has 0 saturated carbocycles. The van der Waals surface area contributed by atoms with Crippen LogP contribution < -0.4 is 10.5 Å². The highest BCUT2D eigenvalue weighted by Crippen LogP contribution is 2.25. The summed E-state index contributed by atoms with van der Waals surface area (Å²) in [6.07, 6.45) is 0.993. The van der Waals surface area contributed by atoms with E-state index in [1.54, 1.807) is 0 Å². The van der Waals surface area contributed by atoms with Crippen LogP contribution in [-0.4, -0.2) is 36.5 Å². The summed E-state index contributed by atoms with van der Waals surface area (Å²) >= 11 is 0. The summed E-state index contributed by atoms with van der Waals surface area (Å²) in [5.74, 6) is 1.25. The van der Waals surface area contributed by atoms with Crippen molar-refractivity contribution >= 4 is 18.3 Å². The molecule has 5 heteroatoms. The predicted octanol–water partition coefficient (Wildman–Crippen LogP) is 2.32. The molecular weight excluding hydrogens is 276 g/mol. The van der Waals surface area contributed by atoms with Crippen LogP contribution in [-0.2, 0) is 0 Å². The van der Waals surface area contributed by atoms with E-state index >= 15 is 0 Å². The lowest BCUT2D eigenvalue weighted by Crippen LogP contribution is -2.34. The molecule has 2 unspecified atom stereocenters. The summed E-state index contributed by atoms with van der Waals surface area (Å²) in [4.78, 5) is 14.4. The highest BCUT2D eigenvalue weighted by Gasteiger charge is 2.32. The van der Waals surface area contributed by atoms with Gasteiger partial charge in [-0.3, -0.25) is 4.79 Å². The molecule has 0 spiro atoms. The first-order chi connectivity index (χ1) is 9.15. The number of hydrogen-bond donors (Lipinski definition) is 1. The molecule has 1 amide bonds. The summed E-state index contributed by atoms with van der Waals surface area (Å²) in [6, 6.07) is 7.65.